The predicted molar refractivity (Wildman–Crippen MR) is 164 cm³/mol. The van der Waals surface area contributed by atoms with E-state index in [-0.39, 0.29) is 0 Å². The van der Waals surface area contributed by atoms with Gasteiger partial charge in [0.1, 0.15) is 0 Å². The van der Waals surface area contributed by atoms with Crippen LogP contribution in [0.4, 0.5) is 0 Å². The molecule has 0 saturated heterocycles. The molecule has 2 aliphatic carbocycles. The molecule has 2 aromatic carbocycles. The summed E-state index contributed by atoms with van der Waals surface area (Å²) >= 11 is 0. The van der Waals surface area contributed by atoms with Crippen molar-refractivity contribution in [1.29, 1.82) is 0 Å². The zero-order valence-corrected chi connectivity index (χ0v) is 23.7. The first-order valence-electron chi connectivity index (χ1n) is 15.7. The van der Waals surface area contributed by atoms with Gasteiger partial charge in [-0.15, -0.1) is 6.58 Å². The van der Waals surface area contributed by atoms with Gasteiger partial charge < -0.3 is 0 Å². The van der Waals surface area contributed by atoms with E-state index in [9.17, 15) is 0 Å². The fourth-order valence-corrected chi connectivity index (χ4v) is 6.83. The minimum Gasteiger partial charge on any atom is -0.103 e. The third-order valence-corrected chi connectivity index (χ3v) is 9.41. The molecule has 2 fully saturated rings. The molecular formula is C37H52. The minimum atomic E-state index is 0.769. The Morgan fingerprint density at radius 3 is 1.89 bits per heavy atom. The molecule has 0 N–H and O–H groups in total. The molecule has 0 aromatic heterocycles. The van der Waals surface area contributed by atoms with Gasteiger partial charge in [0.05, 0.1) is 0 Å². The van der Waals surface area contributed by atoms with Crippen LogP contribution in [-0.2, 0) is 0 Å². The number of hydrogen-bond acceptors (Lipinski definition) is 0. The SMILES string of the molecule is C=CCCCCCC1CCC(C=Cc2ccc(-c3ccc(C4CCC(CCCC)CC4)cc3)cc2)CC1. The van der Waals surface area contributed by atoms with Gasteiger partial charge >= 0.3 is 0 Å². The van der Waals surface area contributed by atoms with E-state index in [0.717, 1.165) is 23.7 Å². The van der Waals surface area contributed by atoms with Crippen molar-refractivity contribution < 1.29 is 0 Å². The monoisotopic (exact) mass is 496 g/mol. The molecule has 2 saturated carbocycles. The molecule has 37 heavy (non-hydrogen) atoms. The van der Waals surface area contributed by atoms with Gasteiger partial charge in [-0.3, -0.25) is 0 Å². The van der Waals surface area contributed by atoms with Crippen molar-refractivity contribution in [3.63, 3.8) is 0 Å². The molecule has 2 aromatic rings. The maximum Gasteiger partial charge on any atom is -0.0162 e. The number of allylic oxidation sites excluding steroid dienone is 2. The summed E-state index contributed by atoms with van der Waals surface area (Å²) in [4.78, 5) is 0. The molecule has 0 heterocycles. The predicted octanol–water partition coefficient (Wildman–Crippen LogP) is 11.8. The third-order valence-electron chi connectivity index (χ3n) is 9.41. The van der Waals surface area contributed by atoms with Gasteiger partial charge in [-0.2, -0.15) is 0 Å². The maximum absolute atomic E-state index is 3.83. The molecular weight excluding hydrogens is 444 g/mol. The summed E-state index contributed by atoms with van der Waals surface area (Å²) in [7, 11) is 0. The molecule has 200 valence electrons. The second-order valence-electron chi connectivity index (χ2n) is 12.2. The van der Waals surface area contributed by atoms with Crippen LogP contribution in [0.2, 0.25) is 0 Å². The first-order chi connectivity index (χ1) is 18.2. The summed E-state index contributed by atoms with van der Waals surface area (Å²) in [5.74, 6) is 3.50. The van der Waals surface area contributed by atoms with Crippen LogP contribution < -0.4 is 0 Å². The lowest BCUT2D eigenvalue weighted by Gasteiger charge is -2.29. The van der Waals surface area contributed by atoms with Crippen LogP contribution in [0.5, 0.6) is 0 Å². The Bertz CT molecular complexity index is 915. The smallest absolute Gasteiger partial charge is 0.0162 e. The highest BCUT2D eigenvalue weighted by Gasteiger charge is 2.22. The average Bonchev–Trinajstić information content (AvgIpc) is 2.96. The molecule has 0 amide bonds. The van der Waals surface area contributed by atoms with Crippen LogP contribution in [-0.4, -0.2) is 0 Å². The highest BCUT2D eigenvalue weighted by atomic mass is 14.3. The quantitative estimate of drug-likeness (QED) is 0.191. The molecule has 0 radical (unpaired) electrons. The Kier molecular flexibility index (Phi) is 11.6. The minimum absolute atomic E-state index is 0.769. The number of unbranched alkanes of at least 4 members (excludes halogenated alkanes) is 4. The normalized spacial score (nSPS) is 24.4. The van der Waals surface area contributed by atoms with Gasteiger partial charge in [-0.25, -0.2) is 0 Å². The molecule has 0 heteroatoms. The summed E-state index contributed by atoms with van der Waals surface area (Å²) in [5, 5.41) is 0. The van der Waals surface area contributed by atoms with E-state index in [4.69, 9.17) is 0 Å². The van der Waals surface area contributed by atoms with Crippen LogP contribution in [0, 0.1) is 17.8 Å². The Labute approximate surface area is 228 Å². The van der Waals surface area contributed by atoms with Gasteiger partial charge in [-0.1, -0.05) is 112 Å². The standard InChI is InChI=1S/C37H52/c1-3-5-7-8-9-11-31-12-14-32(15-13-31)16-17-33-20-24-35(25-21-33)37-28-26-36(27-29-37)34-22-18-30(19-23-34)10-6-4-2/h3,16-17,20-21,24-32,34H,1,4-15,18-19,22-23H2,2H3. The average molecular weight is 497 g/mol. The molecule has 0 nitrogen and oxygen atoms in total. The van der Waals surface area contributed by atoms with Crippen molar-refractivity contribution in [2.45, 2.75) is 116 Å². The van der Waals surface area contributed by atoms with Crippen LogP contribution in [0.25, 0.3) is 17.2 Å². The van der Waals surface area contributed by atoms with Crippen LogP contribution in [0.3, 0.4) is 0 Å². The summed E-state index contributed by atoms with van der Waals surface area (Å²) < 4.78 is 0. The molecule has 0 aliphatic heterocycles. The molecule has 0 bridgehead atoms. The number of benzene rings is 2. The summed E-state index contributed by atoms with van der Waals surface area (Å²) in [6, 6.07) is 18.7. The lowest BCUT2D eigenvalue weighted by atomic mass is 9.77. The van der Waals surface area contributed by atoms with E-state index in [1.54, 1.807) is 5.56 Å². The van der Waals surface area contributed by atoms with E-state index in [1.807, 2.05) is 0 Å². The maximum atomic E-state index is 3.83. The fraction of sp³-hybridized carbons (Fsp3) is 0.568. The van der Waals surface area contributed by atoms with Crippen molar-refractivity contribution in [3.8, 4) is 11.1 Å². The van der Waals surface area contributed by atoms with Crippen LogP contribution in [0.15, 0.2) is 67.3 Å². The van der Waals surface area contributed by atoms with E-state index in [2.05, 4.69) is 80.3 Å². The Morgan fingerprint density at radius 2 is 1.27 bits per heavy atom. The van der Waals surface area contributed by atoms with Gasteiger partial charge in [0.15, 0.2) is 0 Å². The van der Waals surface area contributed by atoms with Crippen molar-refractivity contribution in [1.82, 2.24) is 0 Å². The first kappa shape index (κ1) is 27.9. The molecule has 0 spiro atoms. The second-order valence-corrected chi connectivity index (χ2v) is 12.2. The van der Waals surface area contributed by atoms with E-state index in [0.29, 0.717) is 0 Å². The summed E-state index contributed by atoms with van der Waals surface area (Å²) in [6.45, 7) is 6.15. The number of hydrogen-bond donors (Lipinski definition) is 0. The largest absolute Gasteiger partial charge is 0.103 e. The van der Waals surface area contributed by atoms with E-state index >= 15 is 0 Å². The van der Waals surface area contributed by atoms with Crippen molar-refractivity contribution >= 4 is 6.08 Å². The molecule has 2 aliphatic rings. The van der Waals surface area contributed by atoms with E-state index in [1.165, 1.54) is 119 Å². The second kappa shape index (κ2) is 15.4. The Morgan fingerprint density at radius 1 is 0.676 bits per heavy atom. The van der Waals surface area contributed by atoms with Gasteiger partial charge in [0, 0.05) is 0 Å². The Balaban J connectivity index is 1.20. The first-order valence-corrected chi connectivity index (χ1v) is 15.7. The summed E-state index contributed by atoms with van der Waals surface area (Å²) in [6.07, 6.45) is 29.1. The van der Waals surface area contributed by atoms with Gasteiger partial charge in [0.25, 0.3) is 0 Å². The summed E-state index contributed by atoms with van der Waals surface area (Å²) in [5.41, 5.74) is 5.57. The fourth-order valence-electron chi connectivity index (χ4n) is 6.83. The topological polar surface area (TPSA) is 0 Å². The third kappa shape index (κ3) is 9.01. The highest BCUT2D eigenvalue weighted by molar-refractivity contribution is 5.66. The van der Waals surface area contributed by atoms with Crippen molar-refractivity contribution in [2.24, 2.45) is 17.8 Å². The molecule has 0 atom stereocenters. The van der Waals surface area contributed by atoms with Crippen LogP contribution >= 0.6 is 0 Å². The highest BCUT2D eigenvalue weighted by Crippen LogP contribution is 2.38. The van der Waals surface area contributed by atoms with Gasteiger partial charge in [-0.05, 0) is 110 Å². The van der Waals surface area contributed by atoms with Crippen molar-refractivity contribution in [3.05, 3.63) is 78.4 Å². The van der Waals surface area contributed by atoms with E-state index < -0.39 is 0 Å². The lowest BCUT2D eigenvalue weighted by Crippen LogP contribution is -2.13. The zero-order chi connectivity index (χ0) is 25.7. The molecule has 4 rings (SSSR count). The molecule has 0 unspecified atom stereocenters. The lowest BCUT2D eigenvalue weighted by molar-refractivity contribution is 0.289. The van der Waals surface area contributed by atoms with Crippen LogP contribution in [0.1, 0.15) is 127 Å². The zero-order valence-electron chi connectivity index (χ0n) is 23.7. The number of rotatable bonds is 13. The van der Waals surface area contributed by atoms with Crippen molar-refractivity contribution in [2.75, 3.05) is 0 Å². The Hall–Kier alpha value is -2.08. The van der Waals surface area contributed by atoms with Gasteiger partial charge in [0.2, 0.25) is 0 Å².